The minimum Gasteiger partial charge on any atom is -0.251 e. The van der Waals surface area contributed by atoms with Crippen molar-refractivity contribution in [3.05, 3.63) is 123 Å². The molecular weight excluding hydrogens is 825 g/mol. The molecule has 0 N–H and O–H groups in total. The standard InChI is InChI=1S/C18H24BrN.C18H24ClN.C18H24FN/c3*1-17(2,3)16(18(4,5)6)14-11-10-12-8-7-9-13(19)15(12)20-14/h3*7-11,16H,1-6H3. The Kier molecular flexibility index (Phi) is 14.9. The molecule has 6 aromatic rings. The molecule has 3 nitrogen and oxygen atoms in total. The average molecular weight is 898 g/mol. The fourth-order valence-electron chi connectivity index (χ4n) is 10.4. The summed E-state index contributed by atoms with van der Waals surface area (Å²) < 4.78 is 15.0. The molecular formula is C54H72BrClFN3. The van der Waals surface area contributed by atoms with E-state index >= 15 is 0 Å². The highest BCUT2D eigenvalue weighted by Crippen LogP contribution is 2.49. The van der Waals surface area contributed by atoms with Gasteiger partial charge in [0.15, 0.2) is 0 Å². The average Bonchev–Trinajstić information content (AvgIpc) is 3.06. The summed E-state index contributed by atoms with van der Waals surface area (Å²) in [6, 6.07) is 29.9. The first kappa shape index (κ1) is 49.2. The van der Waals surface area contributed by atoms with Crippen LogP contribution >= 0.6 is 27.5 Å². The Labute approximate surface area is 375 Å². The van der Waals surface area contributed by atoms with Crippen LogP contribution in [0.1, 0.15) is 159 Å². The van der Waals surface area contributed by atoms with E-state index in [9.17, 15) is 4.39 Å². The van der Waals surface area contributed by atoms with Crippen LogP contribution in [0.25, 0.3) is 32.7 Å². The van der Waals surface area contributed by atoms with Gasteiger partial charge in [0.05, 0.1) is 16.1 Å². The van der Waals surface area contributed by atoms with Crippen molar-refractivity contribution in [1.29, 1.82) is 0 Å². The molecule has 6 heteroatoms. The number of rotatable bonds is 3. The second-order valence-corrected chi connectivity index (χ2v) is 24.4. The molecule has 60 heavy (non-hydrogen) atoms. The van der Waals surface area contributed by atoms with E-state index in [1.165, 1.54) is 17.1 Å². The molecule has 3 aromatic carbocycles. The summed E-state index contributed by atoms with van der Waals surface area (Å²) in [7, 11) is 0. The Bertz CT molecular complexity index is 2080. The van der Waals surface area contributed by atoms with E-state index in [-0.39, 0.29) is 44.2 Å². The van der Waals surface area contributed by atoms with E-state index in [0.717, 1.165) is 42.7 Å². The summed E-state index contributed by atoms with van der Waals surface area (Å²) >= 11 is 9.92. The molecule has 0 aliphatic heterocycles. The monoisotopic (exact) mass is 895 g/mol. The zero-order valence-corrected chi connectivity index (χ0v) is 42.2. The minimum atomic E-state index is -0.245. The van der Waals surface area contributed by atoms with Crippen LogP contribution in [0.5, 0.6) is 0 Å². The van der Waals surface area contributed by atoms with Crippen molar-refractivity contribution in [3.8, 4) is 0 Å². The van der Waals surface area contributed by atoms with Crippen LogP contribution in [0.2, 0.25) is 5.02 Å². The van der Waals surface area contributed by atoms with Gasteiger partial charge in [0.25, 0.3) is 0 Å². The van der Waals surface area contributed by atoms with Crippen molar-refractivity contribution >= 4 is 60.2 Å². The van der Waals surface area contributed by atoms with Crippen LogP contribution in [0.3, 0.4) is 0 Å². The molecule has 0 bridgehead atoms. The zero-order valence-electron chi connectivity index (χ0n) is 39.9. The molecule has 3 aromatic heterocycles. The maximum atomic E-state index is 14.0. The highest BCUT2D eigenvalue weighted by molar-refractivity contribution is 9.10. The topological polar surface area (TPSA) is 38.7 Å². The number of halogens is 3. The number of aromatic nitrogens is 3. The van der Waals surface area contributed by atoms with E-state index in [0.29, 0.717) is 17.4 Å². The van der Waals surface area contributed by atoms with Gasteiger partial charge in [-0.05, 0) is 84.8 Å². The summed E-state index contributed by atoms with van der Waals surface area (Å²) in [4.78, 5) is 14.5. The number of pyridine rings is 3. The van der Waals surface area contributed by atoms with Gasteiger partial charge in [0.2, 0.25) is 0 Å². The predicted octanol–water partition coefficient (Wildman–Crippen LogP) is 17.8. The number of benzene rings is 3. The lowest BCUT2D eigenvalue weighted by molar-refractivity contribution is 0.172. The van der Waals surface area contributed by atoms with Gasteiger partial charge in [-0.15, -0.1) is 0 Å². The highest BCUT2D eigenvalue weighted by atomic mass is 79.9. The maximum absolute atomic E-state index is 14.0. The second-order valence-electron chi connectivity index (χ2n) is 23.1. The molecule has 324 valence electrons. The normalized spacial score (nSPS) is 13.2. The molecule has 6 rings (SSSR count). The van der Waals surface area contributed by atoms with Crippen molar-refractivity contribution < 1.29 is 4.39 Å². The van der Waals surface area contributed by atoms with Gasteiger partial charge in [0.1, 0.15) is 11.3 Å². The van der Waals surface area contributed by atoms with Crippen LogP contribution in [-0.2, 0) is 0 Å². The van der Waals surface area contributed by atoms with Crippen molar-refractivity contribution in [3.63, 3.8) is 0 Å². The van der Waals surface area contributed by atoms with Crippen LogP contribution in [0.4, 0.5) is 4.39 Å². The molecule has 0 fully saturated rings. The Balaban J connectivity index is 0.000000198. The first-order valence-electron chi connectivity index (χ1n) is 21.5. The van der Waals surface area contributed by atoms with E-state index in [4.69, 9.17) is 21.6 Å². The number of nitrogens with zero attached hydrogens (tertiary/aromatic N) is 3. The van der Waals surface area contributed by atoms with Crippen LogP contribution in [0, 0.1) is 38.3 Å². The first-order chi connectivity index (χ1) is 27.3. The SMILES string of the molecule is CC(C)(C)C(c1ccc2cccc(Br)c2n1)C(C)(C)C.CC(C)(C)C(c1ccc2cccc(Cl)c2n1)C(C)(C)C.CC(C)(C)C(c1ccc2cccc(F)c2n1)C(C)(C)C. The largest absolute Gasteiger partial charge is 0.251 e. The third kappa shape index (κ3) is 12.2. The zero-order chi connectivity index (χ0) is 45.4. The fraction of sp³-hybridized carbons (Fsp3) is 0.500. The summed E-state index contributed by atoms with van der Waals surface area (Å²) in [6.45, 7) is 40.8. The van der Waals surface area contributed by atoms with Gasteiger partial charge in [-0.2, -0.15) is 0 Å². The first-order valence-corrected chi connectivity index (χ1v) is 22.6. The predicted molar refractivity (Wildman–Crippen MR) is 263 cm³/mol. The van der Waals surface area contributed by atoms with Crippen molar-refractivity contribution in [2.24, 2.45) is 32.5 Å². The molecule has 3 heterocycles. The molecule has 0 radical (unpaired) electrons. The number of hydrogen-bond donors (Lipinski definition) is 0. The third-order valence-corrected chi connectivity index (χ3v) is 12.1. The van der Waals surface area contributed by atoms with Gasteiger partial charge < -0.3 is 0 Å². The molecule has 0 aliphatic rings. The Morgan fingerprint density at radius 3 is 1.08 bits per heavy atom. The Hall–Kier alpha value is -3.41. The lowest BCUT2D eigenvalue weighted by Gasteiger charge is -2.40. The summed E-state index contributed by atoms with van der Waals surface area (Å²) in [6.07, 6.45) is 0. The summed E-state index contributed by atoms with van der Waals surface area (Å²) in [5.41, 5.74) is 6.55. The van der Waals surface area contributed by atoms with E-state index < -0.39 is 0 Å². The van der Waals surface area contributed by atoms with Crippen molar-refractivity contribution in [1.82, 2.24) is 15.0 Å². The van der Waals surface area contributed by atoms with Gasteiger partial charge in [-0.25, -0.2) is 9.37 Å². The maximum Gasteiger partial charge on any atom is 0.149 e. The molecule has 0 amide bonds. The minimum absolute atomic E-state index is 0.0736. The summed E-state index contributed by atoms with van der Waals surface area (Å²) in [5, 5.41) is 3.87. The third-order valence-electron chi connectivity index (χ3n) is 11.2. The van der Waals surface area contributed by atoms with Gasteiger partial charge >= 0.3 is 0 Å². The van der Waals surface area contributed by atoms with E-state index in [1.807, 2.05) is 30.3 Å². The van der Waals surface area contributed by atoms with Crippen molar-refractivity contribution in [2.75, 3.05) is 0 Å². The number of hydrogen-bond acceptors (Lipinski definition) is 3. The fourth-order valence-corrected chi connectivity index (χ4v) is 11.1. The molecule has 0 atom stereocenters. The second kappa shape index (κ2) is 18.1. The summed E-state index contributed by atoms with van der Waals surface area (Å²) in [5.74, 6) is 0.798. The van der Waals surface area contributed by atoms with Crippen LogP contribution in [-0.4, -0.2) is 15.0 Å². The van der Waals surface area contributed by atoms with Crippen molar-refractivity contribution in [2.45, 2.75) is 142 Å². The molecule has 0 saturated heterocycles. The lowest BCUT2D eigenvalue weighted by atomic mass is 9.65. The van der Waals surface area contributed by atoms with Gasteiger partial charge in [0, 0.05) is 55.5 Å². The molecule has 0 saturated carbocycles. The quantitative estimate of drug-likeness (QED) is 0.178. The smallest absolute Gasteiger partial charge is 0.149 e. The van der Waals surface area contributed by atoms with Gasteiger partial charge in [-0.3, -0.25) is 9.97 Å². The van der Waals surface area contributed by atoms with E-state index in [2.05, 4.69) is 194 Å². The molecule has 0 aliphatic carbocycles. The molecule has 0 spiro atoms. The Morgan fingerprint density at radius 2 is 0.700 bits per heavy atom. The van der Waals surface area contributed by atoms with Crippen LogP contribution in [0.15, 0.2) is 95.5 Å². The van der Waals surface area contributed by atoms with Gasteiger partial charge in [-0.1, -0.05) is 191 Å². The Morgan fingerprint density at radius 1 is 0.400 bits per heavy atom. The molecule has 0 unspecified atom stereocenters. The number of fused-ring (bicyclic) bond motifs is 3. The van der Waals surface area contributed by atoms with Crippen LogP contribution < -0.4 is 0 Å². The number of para-hydroxylation sites is 3. The lowest BCUT2D eigenvalue weighted by Crippen LogP contribution is -2.31. The highest BCUT2D eigenvalue weighted by Gasteiger charge is 2.39. The van der Waals surface area contributed by atoms with E-state index in [1.54, 1.807) is 6.07 Å².